The second-order valence-corrected chi connectivity index (χ2v) is 10.7. The van der Waals surface area contributed by atoms with Crippen molar-refractivity contribution in [3.63, 3.8) is 0 Å². The van der Waals surface area contributed by atoms with E-state index in [9.17, 15) is 4.79 Å². The standard InChI is InChI=1S/C26H31N9OS/c1-6-14(3)35-25-21(33-24(26(35)36)29-12-19-27-10-18(11-28-19)37-7-2)16(5)32-23(34-25)20-15(4)30-13-31-22(20)17-8-9-17/h10-11,13-14,17H,6-9,12H2,1-5H3,(H,29,33)/t14-/m1/s1. The van der Waals surface area contributed by atoms with E-state index in [-0.39, 0.29) is 24.0 Å². The summed E-state index contributed by atoms with van der Waals surface area (Å²) in [5.41, 5.74) is 4.26. The molecule has 10 nitrogen and oxygen atoms in total. The molecule has 5 rings (SSSR count). The molecule has 0 aromatic carbocycles. The molecule has 0 unspecified atom stereocenters. The van der Waals surface area contributed by atoms with Gasteiger partial charge in [-0.2, -0.15) is 0 Å². The minimum absolute atomic E-state index is 0.0849. The topological polar surface area (TPSA) is 124 Å². The monoisotopic (exact) mass is 517 g/mol. The van der Waals surface area contributed by atoms with Crippen LogP contribution in [0, 0.1) is 13.8 Å². The van der Waals surface area contributed by atoms with E-state index in [2.05, 4.69) is 44.1 Å². The first-order valence-electron chi connectivity index (χ1n) is 12.7. The maximum atomic E-state index is 13.7. The molecule has 37 heavy (non-hydrogen) atoms. The Kier molecular flexibility index (Phi) is 7.14. The van der Waals surface area contributed by atoms with Gasteiger partial charge in [-0.05, 0) is 45.8 Å². The molecule has 1 aliphatic rings. The van der Waals surface area contributed by atoms with Crippen molar-refractivity contribution in [1.29, 1.82) is 0 Å². The number of anilines is 1. The zero-order valence-corrected chi connectivity index (χ0v) is 22.6. The SMILES string of the molecule is CCSc1cnc(CNc2nc3c(C)nc(-c4c(C)ncnc4C4CC4)nc3n([C@H](C)CC)c2=O)nc1. The van der Waals surface area contributed by atoms with Crippen molar-refractivity contribution in [2.75, 3.05) is 11.1 Å². The van der Waals surface area contributed by atoms with Gasteiger partial charge in [-0.25, -0.2) is 34.9 Å². The van der Waals surface area contributed by atoms with E-state index in [1.165, 1.54) is 0 Å². The third-order valence-corrected chi connectivity index (χ3v) is 7.44. The summed E-state index contributed by atoms with van der Waals surface area (Å²) < 4.78 is 1.72. The third kappa shape index (κ3) is 5.04. The molecule has 1 N–H and O–H groups in total. The van der Waals surface area contributed by atoms with E-state index in [4.69, 9.17) is 9.97 Å². The molecule has 0 radical (unpaired) electrons. The lowest BCUT2D eigenvalue weighted by molar-refractivity contribution is 0.526. The first kappa shape index (κ1) is 25.2. The molecule has 0 spiro atoms. The average Bonchev–Trinajstić information content (AvgIpc) is 3.74. The fourth-order valence-electron chi connectivity index (χ4n) is 4.31. The minimum Gasteiger partial charge on any atom is -0.358 e. The van der Waals surface area contributed by atoms with Gasteiger partial charge in [-0.15, -0.1) is 11.8 Å². The van der Waals surface area contributed by atoms with Gasteiger partial charge < -0.3 is 5.32 Å². The summed E-state index contributed by atoms with van der Waals surface area (Å²) in [6.07, 6.45) is 8.18. The smallest absolute Gasteiger partial charge is 0.295 e. The zero-order valence-electron chi connectivity index (χ0n) is 21.8. The molecule has 1 fully saturated rings. The van der Waals surface area contributed by atoms with E-state index in [0.29, 0.717) is 34.4 Å². The largest absolute Gasteiger partial charge is 0.358 e. The summed E-state index contributed by atoms with van der Waals surface area (Å²) in [5, 5.41) is 3.16. The Morgan fingerprint density at radius 1 is 1.05 bits per heavy atom. The number of aromatic nitrogens is 8. The van der Waals surface area contributed by atoms with Crippen molar-refractivity contribution >= 4 is 28.7 Å². The van der Waals surface area contributed by atoms with Crippen LogP contribution in [0.3, 0.4) is 0 Å². The van der Waals surface area contributed by atoms with Crippen molar-refractivity contribution in [2.45, 2.75) is 77.3 Å². The van der Waals surface area contributed by atoms with E-state index < -0.39 is 0 Å². The quantitative estimate of drug-likeness (QED) is 0.314. The van der Waals surface area contributed by atoms with Gasteiger partial charge in [0.15, 0.2) is 17.3 Å². The van der Waals surface area contributed by atoms with Gasteiger partial charge in [-0.1, -0.05) is 13.8 Å². The summed E-state index contributed by atoms with van der Waals surface area (Å²) in [4.78, 5) is 46.9. The zero-order chi connectivity index (χ0) is 26.1. The Hall–Kier alpha value is -3.47. The molecule has 1 saturated carbocycles. The molecular weight excluding hydrogens is 486 g/mol. The molecular formula is C26H31N9OS. The van der Waals surface area contributed by atoms with Crippen LogP contribution in [0.25, 0.3) is 22.6 Å². The summed E-state index contributed by atoms with van der Waals surface area (Å²) in [6.45, 7) is 10.3. The third-order valence-electron chi connectivity index (χ3n) is 6.61. The molecule has 4 aromatic rings. The lowest BCUT2D eigenvalue weighted by Gasteiger charge is -2.19. The summed E-state index contributed by atoms with van der Waals surface area (Å²) in [7, 11) is 0. The van der Waals surface area contributed by atoms with E-state index in [0.717, 1.165) is 46.9 Å². The molecule has 0 amide bonds. The number of rotatable bonds is 9. The van der Waals surface area contributed by atoms with Gasteiger partial charge >= 0.3 is 0 Å². The van der Waals surface area contributed by atoms with Crippen LogP contribution in [0.15, 0.2) is 28.4 Å². The predicted octanol–water partition coefficient (Wildman–Crippen LogP) is 4.62. The fourth-order valence-corrected chi connectivity index (χ4v) is 4.90. The molecule has 4 aromatic heterocycles. The number of hydrogen-bond acceptors (Lipinski definition) is 10. The fraction of sp³-hybridized carbons (Fsp3) is 0.462. The predicted molar refractivity (Wildman–Crippen MR) is 145 cm³/mol. The van der Waals surface area contributed by atoms with Crippen LogP contribution in [-0.4, -0.2) is 45.2 Å². The minimum atomic E-state index is -0.229. The average molecular weight is 518 g/mol. The molecule has 1 aliphatic carbocycles. The number of hydrogen-bond donors (Lipinski definition) is 1. The van der Waals surface area contributed by atoms with Crippen LogP contribution in [0.1, 0.15) is 74.9 Å². The van der Waals surface area contributed by atoms with Gasteiger partial charge in [0.25, 0.3) is 5.56 Å². The Bertz CT molecular complexity index is 1500. The van der Waals surface area contributed by atoms with E-state index in [1.807, 2.05) is 20.8 Å². The van der Waals surface area contributed by atoms with E-state index in [1.54, 1.807) is 35.0 Å². The van der Waals surface area contributed by atoms with Crippen molar-refractivity contribution in [3.05, 3.63) is 52.0 Å². The van der Waals surface area contributed by atoms with Gasteiger partial charge in [0.05, 0.1) is 29.2 Å². The van der Waals surface area contributed by atoms with Crippen LogP contribution in [-0.2, 0) is 6.54 Å². The first-order chi connectivity index (χ1) is 17.9. The Morgan fingerprint density at radius 3 is 2.49 bits per heavy atom. The highest BCUT2D eigenvalue weighted by molar-refractivity contribution is 7.99. The number of nitrogens with zero attached hydrogens (tertiary/aromatic N) is 8. The summed E-state index contributed by atoms with van der Waals surface area (Å²) in [6, 6.07) is -0.0849. The van der Waals surface area contributed by atoms with Crippen LogP contribution < -0.4 is 10.9 Å². The van der Waals surface area contributed by atoms with Crippen molar-refractivity contribution in [1.82, 2.24) is 39.5 Å². The highest BCUT2D eigenvalue weighted by atomic mass is 32.2. The highest BCUT2D eigenvalue weighted by Gasteiger charge is 2.30. The first-order valence-corrected chi connectivity index (χ1v) is 13.7. The summed E-state index contributed by atoms with van der Waals surface area (Å²) in [5.74, 6) is 2.74. The molecule has 0 bridgehead atoms. The second-order valence-electron chi connectivity index (χ2n) is 9.31. The maximum absolute atomic E-state index is 13.7. The Morgan fingerprint density at radius 2 is 1.81 bits per heavy atom. The Balaban J connectivity index is 1.59. The lowest BCUT2D eigenvalue weighted by atomic mass is 10.1. The lowest BCUT2D eigenvalue weighted by Crippen LogP contribution is -2.29. The molecule has 0 aliphatic heterocycles. The van der Waals surface area contributed by atoms with Crippen molar-refractivity contribution < 1.29 is 0 Å². The second kappa shape index (κ2) is 10.5. The van der Waals surface area contributed by atoms with Gasteiger partial charge in [-0.3, -0.25) is 9.36 Å². The number of fused-ring (bicyclic) bond motifs is 1. The molecule has 11 heteroatoms. The van der Waals surface area contributed by atoms with Crippen LogP contribution in [0.4, 0.5) is 5.82 Å². The van der Waals surface area contributed by atoms with Gasteiger partial charge in [0.1, 0.15) is 17.7 Å². The van der Waals surface area contributed by atoms with Gasteiger partial charge in [0, 0.05) is 29.2 Å². The molecule has 192 valence electrons. The number of nitrogens with one attached hydrogen (secondary N) is 1. The van der Waals surface area contributed by atoms with Gasteiger partial charge in [0.2, 0.25) is 0 Å². The van der Waals surface area contributed by atoms with Crippen molar-refractivity contribution in [3.8, 4) is 11.4 Å². The molecule has 0 saturated heterocycles. The molecule has 1 atom stereocenters. The maximum Gasteiger partial charge on any atom is 0.295 e. The summed E-state index contributed by atoms with van der Waals surface area (Å²) >= 11 is 1.68. The van der Waals surface area contributed by atoms with Crippen LogP contribution in [0.2, 0.25) is 0 Å². The normalized spacial score (nSPS) is 14.2. The number of aryl methyl sites for hydroxylation is 2. The van der Waals surface area contributed by atoms with Crippen LogP contribution >= 0.6 is 11.8 Å². The number of thioether (sulfide) groups is 1. The van der Waals surface area contributed by atoms with Crippen LogP contribution in [0.5, 0.6) is 0 Å². The Labute approximate surface area is 219 Å². The van der Waals surface area contributed by atoms with Crippen molar-refractivity contribution in [2.24, 2.45) is 0 Å². The highest BCUT2D eigenvalue weighted by Crippen LogP contribution is 2.43. The van der Waals surface area contributed by atoms with E-state index >= 15 is 0 Å². The molecule has 4 heterocycles.